The lowest BCUT2D eigenvalue weighted by Gasteiger charge is -2.17. The van der Waals surface area contributed by atoms with Crippen LogP contribution in [-0.4, -0.2) is 45.9 Å². The molecule has 166 valence electrons. The molecule has 10 heteroatoms. The van der Waals surface area contributed by atoms with Gasteiger partial charge in [0.25, 0.3) is 0 Å². The van der Waals surface area contributed by atoms with Crippen molar-refractivity contribution in [2.45, 2.75) is 64.0 Å². The molecule has 2 aromatic heterocycles. The Labute approximate surface area is 185 Å². The number of aromatic amines is 1. The lowest BCUT2D eigenvalue weighted by molar-refractivity contribution is -0.117. The summed E-state index contributed by atoms with van der Waals surface area (Å²) >= 11 is 6.32. The highest BCUT2D eigenvalue weighted by molar-refractivity contribution is 6.32. The minimum Gasteiger partial charge on any atom is -0.446 e. The van der Waals surface area contributed by atoms with Gasteiger partial charge in [0.15, 0.2) is 11.0 Å². The van der Waals surface area contributed by atoms with Gasteiger partial charge in [-0.25, -0.2) is 9.78 Å². The number of H-pyrrole nitrogens is 1. The van der Waals surface area contributed by atoms with E-state index >= 15 is 0 Å². The Morgan fingerprint density at radius 1 is 1.32 bits per heavy atom. The number of anilines is 3. The summed E-state index contributed by atoms with van der Waals surface area (Å²) in [5, 5.41) is 13.6. The quantitative estimate of drug-likeness (QED) is 0.576. The Kier molecular flexibility index (Phi) is 6.31. The fourth-order valence-corrected chi connectivity index (χ4v) is 4.35. The number of rotatable bonds is 6. The number of amides is 2. The Morgan fingerprint density at radius 3 is 2.87 bits per heavy atom. The molecule has 2 aliphatic rings. The highest BCUT2D eigenvalue weighted by Crippen LogP contribution is 2.36. The fourth-order valence-electron chi connectivity index (χ4n) is 4.09. The SMILES string of the molecule is CC(C)NC(=O)OC1CCC(c2cc(Nc3ccc(N4CCCC4=O)c(Cl)n3)n[nH]2)C1. The number of carbonyl (C=O) groups is 2. The molecule has 3 N–H and O–H groups in total. The zero-order valence-corrected chi connectivity index (χ0v) is 18.4. The van der Waals surface area contributed by atoms with Crippen LogP contribution in [0.3, 0.4) is 0 Å². The van der Waals surface area contributed by atoms with Gasteiger partial charge in [0.2, 0.25) is 5.91 Å². The van der Waals surface area contributed by atoms with Crippen LogP contribution in [0.4, 0.5) is 22.1 Å². The van der Waals surface area contributed by atoms with Crippen molar-refractivity contribution in [1.82, 2.24) is 20.5 Å². The number of nitrogens with zero attached hydrogens (tertiary/aromatic N) is 3. The fraction of sp³-hybridized carbons (Fsp3) is 0.524. The van der Waals surface area contributed by atoms with Crippen LogP contribution < -0.4 is 15.5 Å². The van der Waals surface area contributed by atoms with Gasteiger partial charge in [-0.1, -0.05) is 11.6 Å². The van der Waals surface area contributed by atoms with Gasteiger partial charge in [0, 0.05) is 36.7 Å². The van der Waals surface area contributed by atoms with Crippen molar-refractivity contribution < 1.29 is 14.3 Å². The van der Waals surface area contributed by atoms with E-state index in [9.17, 15) is 9.59 Å². The van der Waals surface area contributed by atoms with Crippen LogP contribution in [0.25, 0.3) is 0 Å². The predicted octanol–water partition coefficient (Wildman–Crippen LogP) is 4.10. The Hall–Kier alpha value is -2.81. The second-order valence-corrected chi connectivity index (χ2v) is 8.68. The molecule has 2 fully saturated rings. The molecule has 1 aliphatic heterocycles. The molecule has 1 saturated heterocycles. The molecule has 2 atom stereocenters. The first-order valence-corrected chi connectivity index (χ1v) is 11.0. The summed E-state index contributed by atoms with van der Waals surface area (Å²) in [5.41, 5.74) is 1.62. The normalized spacial score (nSPS) is 21.0. The standard InChI is InChI=1S/C21H27ClN6O3/c1-12(2)23-21(30)31-14-6-5-13(10-14)15-11-18(27-26-15)24-17-8-7-16(20(22)25-17)28-9-3-4-19(28)29/h7-8,11-14H,3-6,9-10H2,1-2H3,(H,23,30)(H2,24,25,26,27). The van der Waals surface area contributed by atoms with Crippen LogP contribution in [-0.2, 0) is 9.53 Å². The maximum Gasteiger partial charge on any atom is 0.407 e. The maximum atomic E-state index is 11.9. The molecule has 31 heavy (non-hydrogen) atoms. The molecule has 1 aliphatic carbocycles. The zero-order valence-electron chi connectivity index (χ0n) is 17.7. The molecule has 9 nitrogen and oxygen atoms in total. The third-order valence-corrected chi connectivity index (χ3v) is 5.83. The summed E-state index contributed by atoms with van der Waals surface area (Å²) in [6, 6.07) is 5.58. The summed E-state index contributed by atoms with van der Waals surface area (Å²) in [6.07, 6.45) is 3.42. The monoisotopic (exact) mass is 446 g/mol. The van der Waals surface area contributed by atoms with E-state index in [2.05, 4.69) is 25.8 Å². The van der Waals surface area contributed by atoms with E-state index < -0.39 is 0 Å². The topological polar surface area (TPSA) is 112 Å². The molecule has 1 saturated carbocycles. The first kappa shape index (κ1) is 21.4. The Balaban J connectivity index is 1.35. The second-order valence-electron chi connectivity index (χ2n) is 8.33. The van der Waals surface area contributed by atoms with Crippen molar-refractivity contribution in [3.05, 3.63) is 29.0 Å². The van der Waals surface area contributed by atoms with E-state index in [0.717, 1.165) is 31.4 Å². The van der Waals surface area contributed by atoms with Gasteiger partial charge in [-0.15, -0.1) is 0 Å². The molecule has 0 radical (unpaired) electrons. The molecule has 2 aromatic rings. The molecule has 0 bridgehead atoms. The average molecular weight is 447 g/mol. The first-order chi connectivity index (χ1) is 14.9. The van der Waals surface area contributed by atoms with Crippen molar-refractivity contribution in [3.8, 4) is 0 Å². The van der Waals surface area contributed by atoms with E-state index in [1.807, 2.05) is 19.9 Å². The average Bonchev–Trinajstić information content (AvgIpc) is 3.43. The lowest BCUT2D eigenvalue weighted by Crippen LogP contribution is -2.33. The van der Waals surface area contributed by atoms with Crippen molar-refractivity contribution in [1.29, 1.82) is 0 Å². The van der Waals surface area contributed by atoms with Gasteiger partial charge in [-0.3, -0.25) is 9.89 Å². The summed E-state index contributed by atoms with van der Waals surface area (Å²) in [7, 11) is 0. The Morgan fingerprint density at radius 2 is 2.16 bits per heavy atom. The summed E-state index contributed by atoms with van der Waals surface area (Å²) in [4.78, 5) is 29.8. The van der Waals surface area contributed by atoms with Gasteiger partial charge in [0.05, 0.1) is 5.69 Å². The molecule has 3 heterocycles. The minimum absolute atomic E-state index is 0.0537. The van der Waals surface area contributed by atoms with E-state index in [0.29, 0.717) is 30.3 Å². The van der Waals surface area contributed by atoms with Crippen LogP contribution >= 0.6 is 11.6 Å². The number of hydrogen-bond acceptors (Lipinski definition) is 6. The number of alkyl carbamates (subject to hydrolysis) is 1. The van der Waals surface area contributed by atoms with Gasteiger partial charge in [-0.05, 0) is 51.7 Å². The maximum absolute atomic E-state index is 11.9. The van der Waals surface area contributed by atoms with Crippen molar-refractivity contribution in [2.75, 3.05) is 16.8 Å². The Bertz CT molecular complexity index is 962. The summed E-state index contributed by atoms with van der Waals surface area (Å²) in [5.74, 6) is 1.50. The van der Waals surface area contributed by atoms with Crippen LogP contribution in [0.15, 0.2) is 18.2 Å². The van der Waals surface area contributed by atoms with Gasteiger partial charge >= 0.3 is 6.09 Å². The molecule has 2 amide bonds. The van der Waals surface area contributed by atoms with Gasteiger partial charge < -0.3 is 20.3 Å². The van der Waals surface area contributed by atoms with E-state index in [1.165, 1.54) is 0 Å². The molecular weight excluding hydrogens is 420 g/mol. The third kappa shape index (κ3) is 5.10. The van der Waals surface area contributed by atoms with Crippen molar-refractivity contribution in [2.24, 2.45) is 0 Å². The number of pyridine rings is 1. The lowest BCUT2D eigenvalue weighted by atomic mass is 10.0. The zero-order chi connectivity index (χ0) is 22.0. The van der Waals surface area contributed by atoms with Crippen LogP contribution in [0, 0.1) is 0 Å². The molecule has 0 spiro atoms. The molecular formula is C21H27ClN6O3. The molecule has 2 unspecified atom stereocenters. The smallest absolute Gasteiger partial charge is 0.407 e. The number of hydrogen-bond donors (Lipinski definition) is 3. The summed E-state index contributed by atoms with van der Waals surface area (Å²) in [6.45, 7) is 4.47. The number of halogens is 1. The van der Waals surface area contributed by atoms with E-state index in [-0.39, 0.29) is 35.2 Å². The number of carbonyl (C=O) groups excluding carboxylic acids is 2. The number of aromatic nitrogens is 3. The largest absolute Gasteiger partial charge is 0.446 e. The van der Waals surface area contributed by atoms with Crippen molar-refractivity contribution >= 4 is 40.9 Å². The highest BCUT2D eigenvalue weighted by atomic mass is 35.5. The third-order valence-electron chi connectivity index (χ3n) is 5.55. The predicted molar refractivity (Wildman–Crippen MR) is 118 cm³/mol. The number of nitrogens with one attached hydrogen (secondary N) is 3. The van der Waals surface area contributed by atoms with Crippen LogP contribution in [0.1, 0.15) is 57.6 Å². The van der Waals surface area contributed by atoms with Crippen molar-refractivity contribution in [3.63, 3.8) is 0 Å². The van der Waals surface area contributed by atoms with E-state index in [1.54, 1.807) is 17.0 Å². The van der Waals surface area contributed by atoms with Gasteiger partial charge in [0.1, 0.15) is 11.9 Å². The van der Waals surface area contributed by atoms with Crippen LogP contribution in [0.5, 0.6) is 0 Å². The van der Waals surface area contributed by atoms with E-state index in [4.69, 9.17) is 16.3 Å². The number of ether oxygens (including phenoxy) is 1. The first-order valence-electron chi connectivity index (χ1n) is 10.7. The molecule has 4 rings (SSSR count). The van der Waals surface area contributed by atoms with Crippen LogP contribution in [0.2, 0.25) is 5.15 Å². The highest BCUT2D eigenvalue weighted by Gasteiger charge is 2.30. The second kappa shape index (κ2) is 9.13. The summed E-state index contributed by atoms with van der Waals surface area (Å²) < 4.78 is 5.50. The van der Waals surface area contributed by atoms with Gasteiger partial charge in [-0.2, -0.15) is 5.10 Å². The minimum atomic E-state index is -0.366. The molecule has 0 aromatic carbocycles.